The van der Waals surface area contributed by atoms with Crippen LogP contribution in [0.5, 0.6) is 0 Å². The van der Waals surface area contributed by atoms with Crippen molar-refractivity contribution in [1.29, 1.82) is 0 Å². The van der Waals surface area contributed by atoms with Crippen molar-refractivity contribution in [3.05, 3.63) is 0 Å². The summed E-state index contributed by atoms with van der Waals surface area (Å²) in [6, 6.07) is 0. The smallest absolute Gasteiger partial charge is 0.306 e. The zero-order chi connectivity index (χ0) is 30.6. The van der Waals surface area contributed by atoms with Gasteiger partial charge in [0.2, 0.25) is 0 Å². The minimum atomic E-state index is -0.210. The van der Waals surface area contributed by atoms with Crippen LogP contribution in [0.4, 0.5) is 0 Å². The molecular weight excluding hydrogens is 516 g/mol. The summed E-state index contributed by atoms with van der Waals surface area (Å²) in [6.07, 6.45) is 44.1. The maximum absolute atomic E-state index is 12.3. The largest absolute Gasteiger partial charge is 0.462 e. The SMILES string of the molecule is CCCCCCCCCCCCCCCCCCCCCCC(=O)OC(CC=O)CCCCCCCCCCCCC. The summed E-state index contributed by atoms with van der Waals surface area (Å²) in [7, 11) is 0. The summed E-state index contributed by atoms with van der Waals surface area (Å²) in [5.41, 5.74) is 0. The molecule has 250 valence electrons. The average Bonchev–Trinajstić information content (AvgIpc) is 2.99. The molecule has 0 amide bonds. The molecule has 0 radical (unpaired) electrons. The minimum Gasteiger partial charge on any atom is -0.462 e. The van der Waals surface area contributed by atoms with Crippen molar-refractivity contribution in [2.24, 2.45) is 0 Å². The normalized spacial score (nSPS) is 12.0. The average molecular weight is 593 g/mol. The third-order valence-electron chi connectivity index (χ3n) is 9.02. The fraction of sp³-hybridized carbons (Fsp3) is 0.949. The van der Waals surface area contributed by atoms with Crippen LogP contribution < -0.4 is 0 Å². The summed E-state index contributed by atoms with van der Waals surface area (Å²) >= 11 is 0. The first kappa shape index (κ1) is 41.1. The molecule has 42 heavy (non-hydrogen) atoms. The molecule has 0 aromatic rings. The molecule has 0 N–H and O–H groups in total. The number of aldehydes is 1. The molecule has 0 fully saturated rings. The standard InChI is InChI=1S/C39H76O3/c1-3-5-7-9-11-13-15-16-17-18-19-20-21-22-23-25-27-29-31-33-35-39(41)42-38(36-37-40)34-32-30-28-26-24-14-12-10-8-6-4-2/h37-38H,3-36H2,1-2H3. The molecule has 1 unspecified atom stereocenters. The lowest BCUT2D eigenvalue weighted by molar-refractivity contribution is -0.150. The van der Waals surface area contributed by atoms with Crippen molar-refractivity contribution in [1.82, 2.24) is 0 Å². The Bertz CT molecular complexity index is 532. The molecule has 3 heteroatoms. The van der Waals surface area contributed by atoms with Gasteiger partial charge in [-0.1, -0.05) is 200 Å². The highest BCUT2D eigenvalue weighted by Gasteiger charge is 2.13. The third kappa shape index (κ3) is 33.6. The topological polar surface area (TPSA) is 43.4 Å². The van der Waals surface area contributed by atoms with E-state index in [0.717, 1.165) is 32.0 Å². The fourth-order valence-electron chi connectivity index (χ4n) is 6.14. The van der Waals surface area contributed by atoms with Crippen molar-refractivity contribution in [3.8, 4) is 0 Å². The quantitative estimate of drug-likeness (QED) is 0.0413. The summed E-state index contributed by atoms with van der Waals surface area (Å²) in [5.74, 6) is -0.104. The van der Waals surface area contributed by atoms with Gasteiger partial charge in [-0.05, 0) is 19.3 Å². The molecule has 0 aromatic heterocycles. The predicted octanol–water partition coefficient (Wildman–Crippen LogP) is 13.4. The maximum atomic E-state index is 12.3. The summed E-state index contributed by atoms with van der Waals surface area (Å²) < 4.78 is 5.65. The van der Waals surface area contributed by atoms with E-state index in [2.05, 4.69) is 13.8 Å². The van der Waals surface area contributed by atoms with Gasteiger partial charge in [-0.3, -0.25) is 4.79 Å². The number of hydrogen-bond acceptors (Lipinski definition) is 3. The highest BCUT2D eigenvalue weighted by atomic mass is 16.5. The Kier molecular flexibility index (Phi) is 35.6. The van der Waals surface area contributed by atoms with E-state index in [0.29, 0.717) is 12.8 Å². The van der Waals surface area contributed by atoms with Crippen molar-refractivity contribution < 1.29 is 14.3 Å². The number of carbonyl (C=O) groups is 2. The van der Waals surface area contributed by atoms with Gasteiger partial charge in [0.15, 0.2) is 0 Å². The molecule has 0 spiro atoms. The molecule has 0 aromatic carbocycles. The zero-order valence-electron chi connectivity index (χ0n) is 28.9. The van der Waals surface area contributed by atoms with E-state index < -0.39 is 0 Å². The van der Waals surface area contributed by atoms with E-state index in [1.165, 1.54) is 180 Å². The van der Waals surface area contributed by atoms with Gasteiger partial charge in [0, 0.05) is 12.8 Å². The lowest BCUT2D eigenvalue weighted by atomic mass is 10.0. The Morgan fingerprint density at radius 1 is 0.452 bits per heavy atom. The Morgan fingerprint density at radius 3 is 1.05 bits per heavy atom. The van der Waals surface area contributed by atoms with Gasteiger partial charge in [0.25, 0.3) is 0 Å². The molecule has 1 atom stereocenters. The predicted molar refractivity (Wildman–Crippen MR) is 184 cm³/mol. The van der Waals surface area contributed by atoms with Crippen molar-refractivity contribution >= 4 is 12.3 Å². The minimum absolute atomic E-state index is 0.104. The summed E-state index contributed by atoms with van der Waals surface area (Å²) in [5, 5.41) is 0. The number of ether oxygens (including phenoxy) is 1. The van der Waals surface area contributed by atoms with Crippen LogP contribution in [-0.4, -0.2) is 18.4 Å². The van der Waals surface area contributed by atoms with E-state index in [9.17, 15) is 9.59 Å². The molecule has 0 aliphatic rings. The third-order valence-corrected chi connectivity index (χ3v) is 9.02. The van der Waals surface area contributed by atoms with Crippen LogP contribution in [0.2, 0.25) is 0 Å². The van der Waals surface area contributed by atoms with Crippen LogP contribution in [0.1, 0.15) is 232 Å². The number of rotatable bonds is 36. The van der Waals surface area contributed by atoms with Gasteiger partial charge in [0.05, 0.1) is 0 Å². The number of carbonyl (C=O) groups excluding carboxylic acids is 2. The molecule has 0 saturated heterocycles. The Hall–Kier alpha value is -0.860. The van der Waals surface area contributed by atoms with Gasteiger partial charge in [-0.2, -0.15) is 0 Å². The van der Waals surface area contributed by atoms with E-state index in [-0.39, 0.29) is 12.1 Å². The first-order chi connectivity index (χ1) is 20.7. The van der Waals surface area contributed by atoms with Crippen LogP contribution in [0.3, 0.4) is 0 Å². The van der Waals surface area contributed by atoms with Crippen molar-refractivity contribution in [2.45, 2.75) is 238 Å². The van der Waals surface area contributed by atoms with Gasteiger partial charge < -0.3 is 9.53 Å². The second-order valence-electron chi connectivity index (χ2n) is 13.3. The molecule has 0 rings (SSSR count). The van der Waals surface area contributed by atoms with Crippen LogP contribution in [0.25, 0.3) is 0 Å². The fourth-order valence-corrected chi connectivity index (χ4v) is 6.14. The van der Waals surface area contributed by atoms with Crippen LogP contribution in [-0.2, 0) is 14.3 Å². The van der Waals surface area contributed by atoms with Gasteiger partial charge >= 0.3 is 5.97 Å². The summed E-state index contributed by atoms with van der Waals surface area (Å²) in [6.45, 7) is 4.56. The Labute approximate surface area is 264 Å². The highest BCUT2D eigenvalue weighted by molar-refractivity contribution is 5.69. The number of esters is 1. The van der Waals surface area contributed by atoms with E-state index in [1.807, 2.05) is 0 Å². The molecular formula is C39H76O3. The van der Waals surface area contributed by atoms with Crippen LogP contribution in [0.15, 0.2) is 0 Å². The van der Waals surface area contributed by atoms with Gasteiger partial charge in [-0.25, -0.2) is 0 Å². The Morgan fingerprint density at radius 2 is 0.738 bits per heavy atom. The molecule has 0 saturated carbocycles. The second kappa shape index (κ2) is 36.3. The second-order valence-corrected chi connectivity index (χ2v) is 13.3. The van der Waals surface area contributed by atoms with Crippen molar-refractivity contribution in [2.75, 3.05) is 0 Å². The highest BCUT2D eigenvalue weighted by Crippen LogP contribution is 2.17. The Balaban J connectivity index is 3.44. The molecule has 3 nitrogen and oxygen atoms in total. The number of unbranched alkanes of at least 4 members (excludes halogenated alkanes) is 29. The van der Waals surface area contributed by atoms with E-state index >= 15 is 0 Å². The maximum Gasteiger partial charge on any atom is 0.306 e. The molecule has 0 aliphatic carbocycles. The monoisotopic (exact) mass is 593 g/mol. The van der Waals surface area contributed by atoms with Gasteiger partial charge in [-0.15, -0.1) is 0 Å². The lowest BCUT2D eigenvalue weighted by Gasteiger charge is -2.15. The van der Waals surface area contributed by atoms with Crippen LogP contribution in [0, 0.1) is 0 Å². The first-order valence-electron chi connectivity index (χ1n) is 19.4. The van der Waals surface area contributed by atoms with Gasteiger partial charge in [0.1, 0.15) is 12.4 Å². The molecule has 0 aliphatic heterocycles. The van der Waals surface area contributed by atoms with Crippen LogP contribution >= 0.6 is 0 Å². The molecule has 0 heterocycles. The lowest BCUT2D eigenvalue weighted by Crippen LogP contribution is -2.18. The molecule has 0 bridgehead atoms. The number of hydrogen-bond donors (Lipinski definition) is 0. The zero-order valence-corrected chi connectivity index (χ0v) is 28.9. The summed E-state index contributed by atoms with van der Waals surface area (Å²) in [4.78, 5) is 23.3. The first-order valence-corrected chi connectivity index (χ1v) is 19.4. The van der Waals surface area contributed by atoms with Crippen molar-refractivity contribution in [3.63, 3.8) is 0 Å². The van der Waals surface area contributed by atoms with E-state index in [4.69, 9.17) is 4.74 Å². The van der Waals surface area contributed by atoms with E-state index in [1.54, 1.807) is 0 Å².